The first-order chi connectivity index (χ1) is 6.69. The number of benzene rings is 1. The molecule has 0 atom stereocenters. The Morgan fingerprint density at radius 2 is 1.93 bits per heavy atom. The Morgan fingerprint density at radius 1 is 1.21 bits per heavy atom. The minimum absolute atomic E-state index is 0.0145. The largest absolute Gasteiger partial charge is 0.478 e. The lowest BCUT2D eigenvalue weighted by molar-refractivity contribution is 0.0696. The van der Waals surface area contributed by atoms with Crippen LogP contribution in [0.3, 0.4) is 0 Å². The smallest absolute Gasteiger partial charge is 0.335 e. The van der Waals surface area contributed by atoms with Crippen molar-refractivity contribution in [1.82, 2.24) is 0 Å². The van der Waals surface area contributed by atoms with Gasteiger partial charge in [0, 0.05) is 6.61 Å². The van der Waals surface area contributed by atoms with Crippen LogP contribution in [0.4, 0.5) is 0 Å². The van der Waals surface area contributed by atoms with Crippen molar-refractivity contribution in [3.8, 4) is 0 Å². The average molecular weight is 196 g/mol. The number of carboxylic acid groups (broad SMARTS) is 1. The van der Waals surface area contributed by atoms with Gasteiger partial charge in [-0.25, -0.2) is 4.79 Å². The molecule has 0 radical (unpaired) electrons. The monoisotopic (exact) mass is 196 g/mol. The van der Waals surface area contributed by atoms with Gasteiger partial charge < -0.3 is 15.3 Å². The van der Waals surface area contributed by atoms with E-state index in [9.17, 15) is 4.79 Å². The highest BCUT2D eigenvalue weighted by atomic mass is 16.4. The van der Waals surface area contributed by atoms with Crippen molar-refractivity contribution in [2.24, 2.45) is 0 Å². The van der Waals surface area contributed by atoms with Gasteiger partial charge >= 0.3 is 5.97 Å². The Hall–Kier alpha value is -1.39. The predicted molar refractivity (Wildman–Crippen MR) is 50.1 cm³/mol. The third-order valence-corrected chi connectivity index (χ3v) is 2.00. The molecule has 0 aliphatic rings. The Morgan fingerprint density at radius 3 is 2.43 bits per heavy atom. The zero-order chi connectivity index (χ0) is 10.6. The van der Waals surface area contributed by atoms with E-state index in [4.69, 9.17) is 15.3 Å². The number of carboxylic acids is 1. The SMILES string of the molecule is O=C(O)c1ccc(CCO)c(CO)c1. The molecule has 4 nitrogen and oxygen atoms in total. The second kappa shape index (κ2) is 4.74. The topological polar surface area (TPSA) is 77.8 Å². The quantitative estimate of drug-likeness (QED) is 0.651. The van der Waals surface area contributed by atoms with E-state index < -0.39 is 5.97 Å². The summed E-state index contributed by atoms with van der Waals surface area (Å²) in [6.07, 6.45) is 0.426. The van der Waals surface area contributed by atoms with Gasteiger partial charge in [-0.1, -0.05) is 6.07 Å². The lowest BCUT2D eigenvalue weighted by Gasteiger charge is -2.06. The molecule has 1 aromatic rings. The molecule has 3 N–H and O–H groups in total. The third-order valence-electron chi connectivity index (χ3n) is 2.00. The van der Waals surface area contributed by atoms with Crippen LogP contribution in [-0.4, -0.2) is 27.9 Å². The van der Waals surface area contributed by atoms with E-state index in [0.29, 0.717) is 12.0 Å². The van der Waals surface area contributed by atoms with Crippen molar-refractivity contribution >= 4 is 5.97 Å². The van der Waals surface area contributed by atoms with E-state index in [0.717, 1.165) is 5.56 Å². The molecule has 14 heavy (non-hydrogen) atoms. The highest BCUT2D eigenvalue weighted by Gasteiger charge is 2.07. The molecule has 0 fully saturated rings. The van der Waals surface area contributed by atoms with Gasteiger partial charge in [0.05, 0.1) is 12.2 Å². The molecule has 0 aliphatic heterocycles. The minimum Gasteiger partial charge on any atom is -0.478 e. The lowest BCUT2D eigenvalue weighted by atomic mass is 10.0. The Labute approximate surface area is 81.4 Å². The number of hydrogen-bond acceptors (Lipinski definition) is 3. The summed E-state index contributed by atoms with van der Waals surface area (Å²) in [4.78, 5) is 10.6. The normalized spacial score (nSPS) is 10.1. The molecular formula is C10H12O4. The molecule has 0 bridgehead atoms. The van der Waals surface area contributed by atoms with Crippen LogP contribution in [0, 0.1) is 0 Å². The highest BCUT2D eigenvalue weighted by molar-refractivity contribution is 5.87. The molecule has 0 unspecified atom stereocenters. The first-order valence-electron chi connectivity index (χ1n) is 4.26. The molecule has 0 heterocycles. The van der Waals surface area contributed by atoms with Crippen LogP contribution in [0.1, 0.15) is 21.5 Å². The van der Waals surface area contributed by atoms with Gasteiger partial charge in [-0.3, -0.25) is 0 Å². The Kier molecular flexibility index (Phi) is 3.62. The zero-order valence-corrected chi connectivity index (χ0v) is 7.60. The average Bonchev–Trinajstić information content (AvgIpc) is 2.18. The first kappa shape index (κ1) is 10.7. The van der Waals surface area contributed by atoms with E-state index in [1.54, 1.807) is 6.07 Å². The van der Waals surface area contributed by atoms with Crippen molar-refractivity contribution in [3.05, 3.63) is 34.9 Å². The van der Waals surface area contributed by atoms with Gasteiger partial charge in [-0.05, 0) is 29.7 Å². The molecule has 0 aliphatic carbocycles. The maximum absolute atomic E-state index is 10.6. The summed E-state index contributed by atoms with van der Waals surface area (Å²) < 4.78 is 0. The molecule has 4 heteroatoms. The van der Waals surface area contributed by atoms with E-state index in [-0.39, 0.29) is 18.8 Å². The van der Waals surface area contributed by atoms with Crippen molar-refractivity contribution in [3.63, 3.8) is 0 Å². The van der Waals surface area contributed by atoms with Crippen LogP contribution in [0.2, 0.25) is 0 Å². The number of hydrogen-bond donors (Lipinski definition) is 3. The summed E-state index contributed by atoms with van der Waals surface area (Å²) in [6.45, 7) is -0.226. The maximum Gasteiger partial charge on any atom is 0.335 e. The number of aliphatic hydroxyl groups excluding tert-OH is 2. The number of rotatable bonds is 4. The Bertz CT molecular complexity index is 333. The van der Waals surface area contributed by atoms with E-state index in [1.165, 1.54) is 12.1 Å². The highest BCUT2D eigenvalue weighted by Crippen LogP contribution is 2.13. The van der Waals surface area contributed by atoms with Gasteiger partial charge in [-0.15, -0.1) is 0 Å². The second-order valence-corrected chi connectivity index (χ2v) is 2.92. The van der Waals surface area contributed by atoms with Crippen LogP contribution in [-0.2, 0) is 13.0 Å². The first-order valence-corrected chi connectivity index (χ1v) is 4.26. The molecular weight excluding hydrogens is 184 g/mol. The zero-order valence-electron chi connectivity index (χ0n) is 7.60. The van der Waals surface area contributed by atoms with Gasteiger partial charge in [0.1, 0.15) is 0 Å². The minimum atomic E-state index is -1.02. The molecule has 0 spiro atoms. The molecule has 0 amide bonds. The summed E-state index contributed by atoms with van der Waals surface area (Å²) in [7, 11) is 0. The summed E-state index contributed by atoms with van der Waals surface area (Å²) >= 11 is 0. The van der Waals surface area contributed by atoms with Crippen molar-refractivity contribution in [2.45, 2.75) is 13.0 Å². The van der Waals surface area contributed by atoms with E-state index in [1.807, 2.05) is 0 Å². The van der Waals surface area contributed by atoms with E-state index in [2.05, 4.69) is 0 Å². The summed E-state index contributed by atoms with van der Waals surface area (Å²) in [5.41, 5.74) is 1.48. The van der Waals surface area contributed by atoms with Crippen LogP contribution in [0.5, 0.6) is 0 Å². The molecule has 1 rings (SSSR count). The van der Waals surface area contributed by atoms with Crippen molar-refractivity contribution in [2.75, 3.05) is 6.61 Å². The lowest BCUT2D eigenvalue weighted by Crippen LogP contribution is -2.02. The van der Waals surface area contributed by atoms with Crippen LogP contribution >= 0.6 is 0 Å². The Balaban J connectivity index is 3.04. The molecule has 1 aromatic carbocycles. The van der Waals surface area contributed by atoms with Gasteiger partial charge in [0.15, 0.2) is 0 Å². The number of aromatic carboxylic acids is 1. The van der Waals surface area contributed by atoms with Crippen molar-refractivity contribution in [1.29, 1.82) is 0 Å². The molecule has 0 saturated carbocycles. The van der Waals surface area contributed by atoms with E-state index >= 15 is 0 Å². The summed E-state index contributed by atoms with van der Waals surface area (Å²) in [5.74, 6) is -1.02. The third kappa shape index (κ3) is 2.31. The predicted octanol–water partition coefficient (Wildman–Crippen LogP) is 0.412. The number of aliphatic hydroxyl groups is 2. The van der Waals surface area contributed by atoms with Gasteiger partial charge in [0.2, 0.25) is 0 Å². The van der Waals surface area contributed by atoms with Crippen LogP contribution in [0.15, 0.2) is 18.2 Å². The molecule has 0 saturated heterocycles. The van der Waals surface area contributed by atoms with Crippen molar-refractivity contribution < 1.29 is 20.1 Å². The van der Waals surface area contributed by atoms with Gasteiger partial charge in [0.25, 0.3) is 0 Å². The molecule has 0 aromatic heterocycles. The van der Waals surface area contributed by atoms with Crippen LogP contribution < -0.4 is 0 Å². The fraction of sp³-hybridized carbons (Fsp3) is 0.300. The summed E-state index contributed by atoms with van der Waals surface area (Å²) in [6, 6.07) is 4.50. The second-order valence-electron chi connectivity index (χ2n) is 2.92. The number of carbonyl (C=O) groups is 1. The maximum atomic E-state index is 10.6. The van der Waals surface area contributed by atoms with Gasteiger partial charge in [-0.2, -0.15) is 0 Å². The molecule has 76 valence electrons. The fourth-order valence-corrected chi connectivity index (χ4v) is 1.27. The standard InChI is InChI=1S/C10H12O4/c11-4-3-7-1-2-8(10(13)14)5-9(7)6-12/h1-2,5,11-12H,3-4,6H2,(H,13,14). The summed E-state index contributed by atoms with van der Waals surface area (Å²) in [5, 5.41) is 26.4. The fourth-order valence-electron chi connectivity index (χ4n) is 1.27. The van der Waals surface area contributed by atoms with Crippen LogP contribution in [0.25, 0.3) is 0 Å².